The number of imidazole rings is 1. The number of nitrogens with zero attached hydrogens (tertiary/aromatic N) is 3. The fourth-order valence-electron chi connectivity index (χ4n) is 2.59. The topological polar surface area (TPSA) is 68.0 Å². The van der Waals surface area contributed by atoms with Gasteiger partial charge in [0.1, 0.15) is 12.1 Å². The summed E-state index contributed by atoms with van der Waals surface area (Å²) in [6.45, 7) is 1.88. The van der Waals surface area contributed by atoms with Crippen molar-refractivity contribution in [3.05, 3.63) is 41.1 Å². The SMILES string of the molecule is Cc1cc(C(=O)O)cnc1-n1cnc2c1CCCC2. The van der Waals surface area contributed by atoms with E-state index in [1.807, 2.05) is 11.5 Å². The maximum Gasteiger partial charge on any atom is 0.337 e. The summed E-state index contributed by atoms with van der Waals surface area (Å²) < 4.78 is 2.00. The van der Waals surface area contributed by atoms with Crippen molar-refractivity contribution in [1.29, 1.82) is 0 Å². The monoisotopic (exact) mass is 257 g/mol. The van der Waals surface area contributed by atoms with Crippen molar-refractivity contribution in [2.75, 3.05) is 0 Å². The predicted octanol–water partition coefficient (Wildman–Crippen LogP) is 2.15. The molecule has 5 heteroatoms. The van der Waals surface area contributed by atoms with Gasteiger partial charge in [0.25, 0.3) is 0 Å². The van der Waals surface area contributed by atoms with Crippen LogP contribution in [0.4, 0.5) is 0 Å². The Hall–Kier alpha value is -2.17. The van der Waals surface area contributed by atoms with Crippen LogP contribution in [0.15, 0.2) is 18.6 Å². The Morgan fingerprint density at radius 1 is 1.32 bits per heavy atom. The molecule has 3 rings (SSSR count). The van der Waals surface area contributed by atoms with Gasteiger partial charge in [0.05, 0.1) is 11.3 Å². The average molecular weight is 257 g/mol. The second-order valence-corrected chi connectivity index (χ2v) is 4.88. The van der Waals surface area contributed by atoms with Crippen LogP contribution in [0.5, 0.6) is 0 Å². The van der Waals surface area contributed by atoms with Gasteiger partial charge < -0.3 is 5.11 Å². The van der Waals surface area contributed by atoms with Crippen molar-refractivity contribution in [2.24, 2.45) is 0 Å². The van der Waals surface area contributed by atoms with Gasteiger partial charge in [0.15, 0.2) is 0 Å². The smallest absolute Gasteiger partial charge is 0.337 e. The summed E-state index contributed by atoms with van der Waals surface area (Å²) in [4.78, 5) is 19.7. The van der Waals surface area contributed by atoms with Crippen LogP contribution in [-0.2, 0) is 12.8 Å². The number of pyridine rings is 1. The Morgan fingerprint density at radius 2 is 2.11 bits per heavy atom. The zero-order valence-corrected chi connectivity index (χ0v) is 10.8. The molecular weight excluding hydrogens is 242 g/mol. The van der Waals surface area contributed by atoms with Crippen LogP contribution in [0.1, 0.15) is 40.2 Å². The third-order valence-electron chi connectivity index (χ3n) is 3.56. The molecule has 0 unspecified atom stereocenters. The van der Waals surface area contributed by atoms with Gasteiger partial charge in [-0.15, -0.1) is 0 Å². The van der Waals surface area contributed by atoms with Crippen molar-refractivity contribution < 1.29 is 9.90 Å². The standard InChI is InChI=1S/C14H15N3O2/c1-9-6-10(14(18)19)7-15-13(9)17-8-16-11-4-2-3-5-12(11)17/h6-8H,2-5H2,1H3,(H,18,19). The minimum Gasteiger partial charge on any atom is -0.478 e. The first-order valence-electron chi connectivity index (χ1n) is 6.42. The zero-order chi connectivity index (χ0) is 13.4. The Bertz CT molecular complexity index is 646. The Balaban J connectivity index is 2.07. The van der Waals surface area contributed by atoms with Crippen LogP contribution in [-0.4, -0.2) is 25.6 Å². The molecule has 0 radical (unpaired) electrons. The summed E-state index contributed by atoms with van der Waals surface area (Å²) in [5.41, 5.74) is 3.43. The number of carboxylic acid groups (broad SMARTS) is 1. The summed E-state index contributed by atoms with van der Waals surface area (Å²) in [5, 5.41) is 8.96. The molecule has 0 spiro atoms. The van der Waals surface area contributed by atoms with Crippen molar-refractivity contribution in [1.82, 2.24) is 14.5 Å². The van der Waals surface area contributed by atoms with E-state index in [1.165, 1.54) is 24.7 Å². The Morgan fingerprint density at radius 3 is 2.84 bits per heavy atom. The van der Waals surface area contributed by atoms with Crippen molar-refractivity contribution >= 4 is 5.97 Å². The summed E-state index contributed by atoms with van der Waals surface area (Å²) in [6.07, 6.45) is 7.59. The van der Waals surface area contributed by atoms with Gasteiger partial charge in [0, 0.05) is 11.9 Å². The number of rotatable bonds is 2. The van der Waals surface area contributed by atoms with Crippen LogP contribution < -0.4 is 0 Å². The zero-order valence-electron chi connectivity index (χ0n) is 10.8. The number of carbonyl (C=O) groups is 1. The predicted molar refractivity (Wildman–Crippen MR) is 69.7 cm³/mol. The molecule has 0 amide bonds. The van der Waals surface area contributed by atoms with Gasteiger partial charge in [0.2, 0.25) is 0 Å². The molecule has 2 aromatic rings. The third kappa shape index (κ3) is 2.01. The lowest BCUT2D eigenvalue weighted by Gasteiger charge is -2.14. The van der Waals surface area contributed by atoms with E-state index in [-0.39, 0.29) is 5.56 Å². The highest BCUT2D eigenvalue weighted by Crippen LogP contribution is 2.23. The van der Waals surface area contributed by atoms with E-state index < -0.39 is 5.97 Å². The first-order valence-corrected chi connectivity index (χ1v) is 6.42. The molecule has 0 saturated carbocycles. The third-order valence-corrected chi connectivity index (χ3v) is 3.56. The number of hydrogen-bond acceptors (Lipinski definition) is 3. The molecule has 1 aliphatic rings. The van der Waals surface area contributed by atoms with Gasteiger partial charge >= 0.3 is 5.97 Å². The van der Waals surface area contributed by atoms with Gasteiger partial charge in [-0.3, -0.25) is 4.57 Å². The van der Waals surface area contributed by atoms with Gasteiger partial charge in [-0.2, -0.15) is 0 Å². The Kier molecular flexibility index (Phi) is 2.81. The Labute approximate surface area is 110 Å². The molecule has 1 aliphatic carbocycles. The number of hydrogen-bond donors (Lipinski definition) is 1. The maximum atomic E-state index is 10.9. The lowest BCUT2D eigenvalue weighted by molar-refractivity contribution is 0.0696. The number of aryl methyl sites for hydroxylation is 2. The van der Waals surface area contributed by atoms with E-state index >= 15 is 0 Å². The van der Waals surface area contributed by atoms with Crippen LogP contribution in [0.3, 0.4) is 0 Å². The lowest BCUT2D eigenvalue weighted by atomic mass is 10.0. The minimum atomic E-state index is -0.949. The van der Waals surface area contributed by atoms with Gasteiger partial charge in [-0.1, -0.05) is 0 Å². The van der Waals surface area contributed by atoms with E-state index in [0.717, 1.165) is 29.9 Å². The summed E-state index contributed by atoms with van der Waals surface area (Å²) >= 11 is 0. The summed E-state index contributed by atoms with van der Waals surface area (Å²) in [7, 11) is 0. The molecule has 0 aliphatic heterocycles. The molecule has 19 heavy (non-hydrogen) atoms. The molecule has 2 aromatic heterocycles. The number of fused-ring (bicyclic) bond motifs is 1. The van der Waals surface area contributed by atoms with Gasteiger partial charge in [-0.05, 0) is 44.2 Å². The second-order valence-electron chi connectivity index (χ2n) is 4.88. The molecule has 5 nitrogen and oxygen atoms in total. The average Bonchev–Trinajstić information content (AvgIpc) is 2.82. The number of aromatic nitrogens is 3. The maximum absolute atomic E-state index is 10.9. The molecule has 0 atom stereocenters. The molecular formula is C14H15N3O2. The van der Waals surface area contributed by atoms with Crippen LogP contribution >= 0.6 is 0 Å². The first-order chi connectivity index (χ1) is 9.16. The molecule has 98 valence electrons. The van der Waals surface area contributed by atoms with Crippen molar-refractivity contribution in [3.63, 3.8) is 0 Å². The second kappa shape index (κ2) is 4.50. The fraction of sp³-hybridized carbons (Fsp3) is 0.357. The van der Waals surface area contributed by atoms with Crippen molar-refractivity contribution in [2.45, 2.75) is 32.6 Å². The highest BCUT2D eigenvalue weighted by molar-refractivity contribution is 5.87. The minimum absolute atomic E-state index is 0.218. The normalized spacial score (nSPS) is 14.2. The van der Waals surface area contributed by atoms with E-state index in [4.69, 9.17) is 5.11 Å². The molecule has 2 heterocycles. The molecule has 0 aromatic carbocycles. The molecule has 1 N–H and O–H groups in total. The van der Waals surface area contributed by atoms with Gasteiger partial charge in [-0.25, -0.2) is 14.8 Å². The van der Waals surface area contributed by atoms with E-state index in [0.29, 0.717) is 0 Å². The van der Waals surface area contributed by atoms with E-state index in [9.17, 15) is 4.79 Å². The van der Waals surface area contributed by atoms with Crippen LogP contribution in [0.25, 0.3) is 5.82 Å². The molecule has 0 fully saturated rings. The van der Waals surface area contributed by atoms with Crippen LogP contribution in [0.2, 0.25) is 0 Å². The van der Waals surface area contributed by atoms with Crippen molar-refractivity contribution in [3.8, 4) is 5.82 Å². The highest BCUT2D eigenvalue weighted by Gasteiger charge is 2.18. The van der Waals surface area contributed by atoms with E-state index in [1.54, 1.807) is 12.4 Å². The largest absolute Gasteiger partial charge is 0.478 e. The first kappa shape index (κ1) is 11.9. The number of aromatic carboxylic acids is 1. The van der Waals surface area contributed by atoms with E-state index in [2.05, 4.69) is 9.97 Å². The highest BCUT2D eigenvalue weighted by atomic mass is 16.4. The molecule has 0 saturated heterocycles. The molecule has 0 bridgehead atoms. The lowest BCUT2D eigenvalue weighted by Crippen LogP contribution is -2.10. The quantitative estimate of drug-likeness (QED) is 0.895. The summed E-state index contributed by atoms with van der Waals surface area (Å²) in [5.74, 6) is -0.171. The van der Waals surface area contributed by atoms with Crippen LogP contribution in [0, 0.1) is 6.92 Å². The number of carboxylic acids is 1. The fourth-order valence-corrected chi connectivity index (χ4v) is 2.59. The summed E-state index contributed by atoms with van der Waals surface area (Å²) in [6, 6.07) is 1.65.